The summed E-state index contributed by atoms with van der Waals surface area (Å²) >= 11 is 0. The van der Waals surface area contributed by atoms with Crippen molar-refractivity contribution in [1.82, 2.24) is 0 Å². The molecule has 0 N–H and O–H groups in total. The lowest BCUT2D eigenvalue weighted by Gasteiger charge is -2.01. The van der Waals surface area contributed by atoms with Gasteiger partial charge >= 0.3 is 5.97 Å². The fraction of sp³-hybridized carbons (Fsp3) is 0.333. The molecule has 0 saturated heterocycles. The molecular formula is C15H17NO3. The van der Waals surface area contributed by atoms with Crippen LogP contribution in [0.25, 0.3) is 6.08 Å². The number of rotatable bonds is 4. The van der Waals surface area contributed by atoms with Crippen molar-refractivity contribution in [1.29, 1.82) is 0 Å². The Morgan fingerprint density at radius 2 is 2.00 bits per heavy atom. The van der Waals surface area contributed by atoms with Gasteiger partial charge in [0.05, 0.1) is 7.11 Å². The maximum atomic E-state index is 11.7. The summed E-state index contributed by atoms with van der Waals surface area (Å²) in [7, 11) is 1.62. The van der Waals surface area contributed by atoms with Crippen molar-refractivity contribution in [2.45, 2.75) is 20.3 Å². The molecule has 1 aliphatic heterocycles. The molecular weight excluding hydrogens is 242 g/mol. The van der Waals surface area contributed by atoms with E-state index < -0.39 is 0 Å². The molecule has 1 heterocycles. The Morgan fingerprint density at radius 3 is 2.58 bits per heavy atom. The van der Waals surface area contributed by atoms with E-state index in [-0.39, 0.29) is 5.97 Å². The highest BCUT2D eigenvalue weighted by molar-refractivity contribution is 6.07. The Hall–Kier alpha value is -2.10. The number of carbonyl (C=O) groups is 1. The maximum Gasteiger partial charge on any atom is 0.363 e. The molecule has 4 heteroatoms. The van der Waals surface area contributed by atoms with E-state index in [9.17, 15) is 4.79 Å². The monoisotopic (exact) mass is 259 g/mol. The number of methoxy groups -OCH3 is 1. The van der Waals surface area contributed by atoms with Crippen LogP contribution in [0.3, 0.4) is 0 Å². The number of hydrogen-bond donors (Lipinski definition) is 0. The minimum Gasteiger partial charge on any atom is -0.497 e. The standard InChI is InChI=1S/C15H17NO3/c1-10(2)8-14-16-13(15(17)19-14)9-11-4-6-12(18-3)7-5-11/h4-7,9-10H,8H2,1-3H3/b13-9+. The summed E-state index contributed by atoms with van der Waals surface area (Å²) < 4.78 is 10.2. The Labute approximate surface area is 112 Å². The molecule has 0 saturated carbocycles. The molecule has 1 aromatic rings. The van der Waals surface area contributed by atoms with Crippen molar-refractivity contribution in [3.63, 3.8) is 0 Å². The van der Waals surface area contributed by atoms with Crippen LogP contribution in [0.15, 0.2) is 35.0 Å². The first-order valence-electron chi connectivity index (χ1n) is 6.24. The molecule has 0 unspecified atom stereocenters. The van der Waals surface area contributed by atoms with Crippen molar-refractivity contribution in [2.24, 2.45) is 10.9 Å². The molecule has 0 amide bonds. The predicted molar refractivity (Wildman–Crippen MR) is 74.0 cm³/mol. The van der Waals surface area contributed by atoms with E-state index in [1.54, 1.807) is 13.2 Å². The van der Waals surface area contributed by atoms with Gasteiger partial charge in [0.15, 0.2) is 11.6 Å². The minimum absolute atomic E-state index is 0.348. The zero-order valence-electron chi connectivity index (χ0n) is 11.3. The van der Waals surface area contributed by atoms with Gasteiger partial charge in [-0.15, -0.1) is 0 Å². The van der Waals surface area contributed by atoms with Crippen LogP contribution in [0.2, 0.25) is 0 Å². The van der Waals surface area contributed by atoms with Gasteiger partial charge in [-0.1, -0.05) is 26.0 Å². The predicted octanol–water partition coefficient (Wildman–Crippen LogP) is 3.04. The zero-order chi connectivity index (χ0) is 13.8. The van der Waals surface area contributed by atoms with E-state index >= 15 is 0 Å². The van der Waals surface area contributed by atoms with Gasteiger partial charge in [0.25, 0.3) is 0 Å². The van der Waals surface area contributed by atoms with Crippen molar-refractivity contribution in [3.8, 4) is 5.75 Å². The van der Waals surface area contributed by atoms with Crippen LogP contribution < -0.4 is 4.74 Å². The first kappa shape index (κ1) is 13.3. The van der Waals surface area contributed by atoms with Crippen molar-refractivity contribution in [2.75, 3.05) is 7.11 Å². The second-order valence-corrected chi connectivity index (χ2v) is 4.80. The molecule has 0 atom stereocenters. The summed E-state index contributed by atoms with van der Waals surface area (Å²) in [5, 5.41) is 0. The summed E-state index contributed by atoms with van der Waals surface area (Å²) in [5.41, 5.74) is 1.24. The average molecular weight is 259 g/mol. The molecule has 1 aliphatic rings. The molecule has 4 nitrogen and oxygen atoms in total. The minimum atomic E-state index is -0.383. The first-order valence-corrected chi connectivity index (χ1v) is 6.24. The van der Waals surface area contributed by atoms with Crippen LogP contribution in [0.4, 0.5) is 0 Å². The summed E-state index contributed by atoms with van der Waals surface area (Å²) in [4.78, 5) is 15.9. The van der Waals surface area contributed by atoms with Gasteiger partial charge in [-0.25, -0.2) is 9.79 Å². The van der Waals surface area contributed by atoms with E-state index in [4.69, 9.17) is 9.47 Å². The third-order valence-corrected chi connectivity index (χ3v) is 2.67. The van der Waals surface area contributed by atoms with Crippen LogP contribution in [-0.4, -0.2) is 19.0 Å². The van der Waals surface area contributed by atoms with E-state index in [0.29, 0.717) is 23.9 Å². The largest absolute Gasteiger partial charge is 0.497 e. The van der Waals surface area contributed by atoms with Gasteiger partial charge in [0, 0.05) is 6.42 Å². The molecule has 0 radical (unpaired) electrons. The molecule has 0 spiro atoms. The summed E-state index contributed by atoms with van der Waals surface area (Å²) in [6.07, 6.45) is 2.39. The van der Waals surface area contributed by atoms with Crippen LogP contribution >= 0.6 is 0 Å². The van der Waals surface area contributed by atoms with Gasteiger partial charge in [-0.2, -0.15) is 0 Å². The Bertz CT molecular complexity index is 527. The normalized spacial score (nSPS) is 16.7. The smallest absolute Gasteiger partial charge is 0.363 e. The second kappa shape index (κ2) is 5.69. The molecule has 1 aromatic carbocycles. The number of esters is 1. The van der Waals surface area contributed by atoms with Gasteiger partial charge in [0.2, 0.25) is 0 Å². The molecule has 0 bridgehead atoms. The number of aliphatic imine (C=N–C) groups is 1. The Kier molecular flexibility index (Phi) is 4.00. The van der Waals surface area contributed by atoms with Crippen molar-refractivity contribution >= 4 is 17.9 Å². The maximum absolute atomic E-state index is 11.7. The highest BCUT2D eigenvalue weighted by Crippen LogP contribution is 2.20. The lowest BCUT2D eigenvalue weighted by Crippen LogP contribution is -2.06. The Morgan fingerprint density at radius 1 is 1.32 bits per heavy atom. The van der Waals surface area contributed by atoms with Crippen LogP contribution in [0.1, 0.15) is 25.8 Å². The lowest BCUT2D eigenvalue weighted by molar-refractivity contribution is -0.130. The molecule has 0 fully saturated rings. The Balaban J connectivity index is 2.17. The molecule has 0 aromatic heterocycles. The van der Waals surface area contributed by atoms with Crippen molar-refractivity contribution in [3.05, 3.63) is 35.5 Å². The molecule has 19 heavy (non-hydrogen) atoms. The second-order valence-electron chi connectivity index (χ2n) is 4.80. The number of ether oxygens (including phenoxy) is 2. The SMILES string of the molecule is COc1ccc(/C=C2/N=C(CC(C)C)OC2=O)cc1. The van der Waals surface area contributed by atoms with Gasteiger partial charge in [0.1, 0.15) is 5.75 Å². The van der Waals surface area contributed by atoms with Crippen LogP contribution in [0.5, 0.6) is 5.75 Å². The van der Waals surface area contributed by atoms with Crippen LogP contribution in [-0.2, 0) is 9.53 Å². The number of benzene rings is 1. The lowest BCUT2D eigenvalue weighted by atomic mass is 10.1. The summed E-state index contributed by atoms with van der Waals surface area (Å²) in [6.45, 7) is 4.11. The fourth-order valence-corrected chi connectivity index (χ4v) is 1.75. The number of hydrogen-bond acceptors (Lipinski definition) is 4. The summed E-state index contributed by atoms with van der Waals surface area (Å²) in [6, 6.07) is 7.42. The quantitative estimate of drug-likeness (QED) is 0.616. The van der Waals surface area contributed by atoms with Crippen molar-refractivity contribution < 1.29 is 14.3 Å². The highest BCUT2D eigenvalue weighted by Gasteiger charge is 2.23. The third-order valence-electron chi connectivity index (χ3n) is 2.67. The third kappa shape index (κ3) is 3.44. The van der Waals surface area contributed by atoms with E-state index in [1.165, 1.54) is 0 Å². The molecule has 0 aliphatic carbocycles. The van der Waals surface area contributed by atoms with E-state index in [2.05, 4.69) is 18.8 Å². The van der Waals surface area contributed by atoms with Gasteiger partial charge < -0.3 is 9.47 Å². The molecule has 2 rings (SSSR count). The number of nitrogens with zero attached hydrogens (tertiary/aromatic N) is 1. The number of carbonyl (C=O) groups excluding carboxylic acids is 1. The number of cyclic esters (lactones) is 1. The zero-order valence-corrected chi connectivity index (χ0v) is 11.3. The molecule has 100 valence electrons. The van der Waals surface area contributed by atoms with Crippen LogP contribution in [0, 0.1) is 5.92 Å². The summed E-state index contributed by atoms with van der Waals surface area (Å²) in [5.74, 6) is 1.30. The topological polar surface area (TPSA) is 47.9 Å². The first-order chi connectivity index (χ1) is 9.08. The fourth-order valence-electron chi connectivity index (χ4n) is 1.75. The average Bonchev–Trinajstić information content (AvgIpc) is 2.69. The van der Waals surface area contributed by atoms with E-state index in [1.807, 2.05) is 24.3 Å². The van der Waals surface area contributed by atoms with E-state index in [0.717, 1.165) is 11.3 Å². The van der Waals surface area contributed by atoms with Gasteiger partial charge in [-0.3, -0.25) is 0 Å². The highest BCUT2D eigenvalue weighted by atomic mass is 16.6. The van der Waals surface area contributed by atoms with Gasteiger partial charge in [-0.05, 0) is 29.7 Å².